The predicted molar refractivity (Wildman–Crippen MR) is 311 cm³/mol. The number of aliphatic hydroxyl groups excluding tert-OH is 1. The second-order valence-corrected chi connectivity index (χ2v) is 23.8. The van der Waals surface area contributed by atoms with Gasteiger partial charge in [-0.3, -0.25) is 19.2 Å². The number of hydrogen-bond acceptors (Lipinski definition) is 15. The van der Waals surface area contributed by atoms with Crippen LogP contribution in [0.4, 0.5) is 10.2 Å². The molecule has 0 saturated carbocycles. The number of phenolic OH excluding ortho intramolecular Hbond substituents is 1. The van der Waals surface area contributed by atoms with Crippen molar-refractivity contribution in [1.29, 1.82) is 5.26 Å². The summed E-state index contributed by atoms with van der Waals surface area (Å²) in [6.45, 7) is 16.3. The third kappa shape index (κ3) is 13.3. The van der Waals surface area contributed by atoms with E-state index < -0.39 is 47.3 Å². The van der Waals surface area contributed by atoms with Crippen LogP contribution in [0.3, 0.4) is 0 Å². The number of aromatic hydroxyl groups is 1. The Labute approximate surface area is 480 Å². The van der Waals surface area contributed by atoms with Crippen molar-refractivity contribution in [3.05, 3.63) is 107 Å². The van der Waals surface area contributed by atoms with Crippen LogP contribution in [0.5, 0.6) is 11.8 Å². The first kappa shape index (κ1) is 58.6. The van der Waals surface area contributed by atoms with Gasteiger partial charge in [0, 0.05) is 75.6 Å². The van der Waals surface area contributed by atoms with E-state index in [1.807, 2.05) is 93.6 Å². The lowest BCUT2D eigenvalue weighted by atomic mass is 9.85. The summed E-state index contributed by atoms with van der Waals surface area (Å²) < 4.78 is 29.4. The lowest BCUT2D eigenvalue weighted by Gasteiger charge is -2.41. The maximum absolute atomic E-state index is 17.3. The molecule has 3 N–H and O–H groups in total. The van der Waals surface area contributed by atoms with Crippen LogP contribution >= 0.6 is 22.9 Å². The number of halogens is 2. The fourth-order valence-corrected chi connectivity index (χ4v) is 12.5. The SMILES string of the molecule is C=CC(=O)N1CCN(c2nc(OC[C@@H]3CCN(CCCOCC(=O)N[C@H](C(=O)N4C[C@H](O)C[C@H]4C(=O)C[C@@H](C)c4ccc(-c5scnc5C)cc4)C(C)(C)C)C3)nc3c(F)c(-c4cc(O)cc5ccccc45)c(Cl)cc23)C[C@@H]1CC#N. The summed E-state index contributed by atoms with van der Waals surface area (Å²) >= 11 is 8.54. The number of aryl methyl sites for hydroxylation is 1. The number of carbonyl (C=O) groups is 4. The quantitative estimate of drug-likeness (QED) is 0.0481. The molecule has 0 aliphatic carbocycles. The van der Waals surface area contributed by atoms with E-state index in [1.165, 1.54) is 17.0 Å². The van der Waals surface area contributed by atoms with Gasteiger partial charge in [-0.15, -0.1) is 11.3 Å². The molecule has 0 spiro atoms. The van der Waals surface area contributed by atoms with E-state index in [0.717, 1.165) is 34.7 Å². The number of Topliss-reactive ketones (excluding diaryl/α,β-unsaturated/α-hetero) is 1. The standard InChI is InChI=1S/C61H69ClFN9O8S/c1-7-52(77)71-23-22-70(31-42(71)17-19-64)58-47-29-48(62)53(46-27-43(73)26-41-11-8-9-12-45(41)46)54(63)55(47)67-60(68-58)80-33-38-18-21-69(30-38)20-10-24-79-34-51(76)66-57(61(4,5)6)59(78)72-32-44(74)28-49(72)50(75)25-36(2)39-13-15-40(16-14-39)56-37(3)65-35-81-56/h7-9,11-16,26-27,29,35-36,38,42,44,49,57,73-74H,1,10,17-18,20-25,28,30-34H2,2-6H3,(H,66,76)/t36-,38-,42+,44-,49+,57-/m1/s1. The monoisotopic (exact) mass is 1140 g/mol. The molecule has 6 aromatic rings. The minimum atomic E-state index is -0.975. The topological polar surface area (TPSA) is 215 Å². The minimum Gasteiger partial charge on any atom is -0.508 e. The molecular formula is C61H69ClFN9O8S. The molecule has 0 radical (unpaired) electrons. The summed E-state index contributed by atoms with van der Waals surface area (Å²) in [5, 5.41) is 35.8. The van der Waals surface area contributed by atoms with Gasteiger partial charge in [0.15, 0.2) is 11.6 Å². The number of fused-ring (bicyclic) bond motifs is 2. The van der Waals surface area contributed by atoms with Crippen molar-refractivity contribution in [2.45, 2.75) is 96.9 Å². The minimum absolute atomic E-state index is 0.00497. The highest BCUT2D eigenvalue weighted by atomic mass is 35.5. The van der Waals surface area contributed by atoms with Gasteiger partial charge in [-0.2, -0.15) is 15.2 Å². The number of carbonyl (C=O) groups excluding carboxylic acids is 4. The molecule has 17 nitrogen and oxygen atoms in total. The number of benzene rings is 4. The summed E-state index contributed by atoms with van der Waals surface area (Å²) in [6.07, 6.45) is 2.15. The highest BCUT2D eigenvalue weighted by Crippen LogP contribution is 2.43. The summed E-state index contributed by atoms with van der Waals surface area (Å²) in [4.78, 5) is 76.5. The van der Waals surface area contributed by atoms with E-state index in [9.17, 15) is 34.7 Å². The Morgan fingerprint density at radius 1 is 1.02 bits per heavy atom. The number of ether oxygens (including phenoxy) is 2. The number of nitrogens with zero attached hydrogens (tertiary/aromatic N) is 8. The molecule has 3 amide bonds. The Morgan fingerprint density at radius 2 is 1.80 bits per heavy atom. The molecule has 5 heterocycles. The zero-order valence-electron chi connectivity index (χ0n) is 46.4. The maximum Gasteiger partial charge on any atom is 0.319 e. The number of ketones is 1. The Balaban J connectivity index is 0.794. The van der Waals surface area contributed by atoms with Crippen LogP contribution in [0.1, 0.15) is 77.0 Å². The largest absolute Gasteiger partial charge is 0.508 e. The van der Waals surface area contributed by atoms with Crippen LogP contribution in [0.15, 0.2) is 84.9 Å². The molecule has 81 heavy (non-hydrogen) atoms. The number of likely N-dealkylation sites (tertiary alicyclic amines) is 2. The second-order valence-electron chi connectivity index (χ2n) is 22.6. The molecule has 426 valence electrons. The first-order valence-electron chi connectivity index (χ1n) is 27.5. The molecule has 9 rings (SSSR count). The number of hydrogen-bond donors (Lipinski definition) is 3. The van der Waals surface area contributed by atoms with E-state index >= 15 is 4.39 Å². The van der Waals surface area contributed by atoms with Crippen molar-refractivity contribution in [2.75, 3.05) is 70.5 Å². The van der Waals surface area contributed by atoms with Crippen molar-refractivity contribution in [3.8, 4) is 39.4 Å². The lowest BCUT2D eigenvalue weighted by molar-refractivity contribution is -0.144. The molecule has 0 bridgehead atoms. The Kier molecular flexibility index (Phi) is 18.3. The molecule has 20 heteroatoms. The van der Waals surface area contributed by atoms with E-state index in [2.05, 4.69) is 32.8 Å². The van der Waals surface area contributed by atoms with Crippen molar-refractivity contribution in [1.82, 2.24) is 35.0 Å². The average molecular weight is 1140 g/mol. The molecule has 0 unspecified atom stereocenters. The number of nitrogens with one attached hydrogen (secondary N) is 1. The number of amides is 3. The van der Waals surface area contributed by atoms with Crippen LogP contribution < -0.4 is 15.0 Å². The third-order valence-corrected chi connectivity index (χ3v) is 17.0. The van der Waals surface area contributed by atoms with E-state index in [4.69, 9.17) is 26.1 Å². The number of piperazine rings is 1. The molecule has 6 atom stereocenters. The van der Waals surface area contributed by atoms with Crippen molar-refractivity contribution in [2.24, 2.45) is 11.3 Å². The number of β-amino-alcohol motifs (C(OH)–C–C–N with tert-alkyl or cyclic N) is 1. The first-order valence-corrected chi connectivity index (χ1v) is 28.8. The maximum atomic E-state index is 17.3. The summed E-state index contributed by atoms with van der Waals surface area (Å²) in [6, 6.07) is 19.9. The number of aromatic nitrogens is 3. The number of aliphatic hydroxyl groups is 1. The predicted octanol–water partition coefficient (Wildman–Crippen LogP) is 8.86. The van der Waals surface area contributed by atoms with Crippen molar-refractivity contribution >= 4 is 73.9 Å². The Hall–Kier alpha value is -7.08. The van der Waals surface area contributed by atoms with Gasteiger partial charge in [-0.25, -0.2) is 9.37 Å². The second kappa shape index (κ2) is 25.4. The number of nitriles is 1. The molecule has 3 aliphatic heterocycles. The van der Waals surface area contributed by atoms with Crippen LogP contribution in [0.25, 0.3) is 43.2 Å². The van der Waals surface area contributed by atoms with Crippen LogP contribution in [-0.4, -0.2) is 153 Å². The van der Waals surface area contributed by atoms with Crippen LogP contribution in [0, 0.1) is 35.4 Å². The summed E-state index contributed by atoms with van der Waals surface area (Å²) in [5.41, 5.74) is 4.52. The summed E-state index contributed by atoms with van der Waals surface area (Å²) in [7, 11) is 0. The van der Waals surface area contributed by atoms with Gasteiger partial charge in [-0.1, -0.05) is 94.4 Å². The van der Waals surface area contributed by atoms with Gasteiger partial charge in [0.25, 0.3) is 0 Å². The van der Waals surface area contributed by atoms with Gasteiger partial charge in [0.2, 0.25) is 17.7 Å². The summed E-state index contributed by atoms with van der Waals surface area (Å²) in [5.74, 6) is -1.81. The molecule has 3 aliphatic rings. The van der Waals surface area contributed by atoms with E-state index in [1.54, 1.807) is 28.4 Å². The Morgan fingerprint density at radius 3 is 2.53 bits per heavy atom. The molecule has 3 fully saturated rings. The number of rotatable bonds is 20. The van der Waals surface area contributed by atoms with Gasteiger partial charge in [0.05, 0.1) is 58.4 Å². The van der Waals surface area contributed by atoms with E-state index in [0.29, 0.717) is 53.6 Å². The fraction of sp³-hybridized carbons (Fsp3) is 0.443. The van der Waals surface area contributed by atoms with Gasteiger partial charge < -0.3 is 44.6 Å². The van der Waals surface area contributed by atoms with Gasteiger partial charge in [0.1, 0.15) is 29.7 Å². The molecule has 4 aromatic carbocycles. The van der Waals surface area contributed by atoms with Crippen molar-refractivity contribution in [3.63, 3.8) is 0 Å². The number of phenols is 1. The highest BCUT2D eigenvalue weighted by Gasteiger charge is 2.44. The number of anilines is 1. The zero-order chi connectivity index (χ0) is 57.7. The van der Waals surface area contributed by atoms with Crippen LogP contribution in [-0.2, 0) is 23.9 Å². The molecule has 3 saturated heterocycles. The zero-order valence-corrected chi connectivity index (χ0v) is 47.9. The molecular weight excluding hydrogens is 1070 g/mol. The van der Waals surface area contributed by atoms with Crippen LogP contribution in [0.2, 0.25) is 5.02 Å². The number of thiazole rings is 1. The average Bonchev–Trinajstić information content (AvgIpc) is 4.11. The Bertz CT molecular complexity index is 3370. The highest BCUT2D eigenvalue weighted by molar-refractivity contribution is 7.13. The van der Waals surface area contributed by atoms with Crippen molar-refractivity contribution < 1.29 is 43.3 Å². The smallest absolute Gasteiger partial charge is 0.319 e. The lowest BCUT2D eigenvalue weighted by Crippen LogP contribution is -2.57. The first-order chi connectivity index (χ1) is 38.8. The fourth-order valence-electron chi connectivity index (χ4n) is 11.4. The normalized spacial score (nSPS) is 19.4. The molecule has 2 aromatic heterocycles. The third-order valence-electron chi connectivity index (χ3n) is 15.7. The van der Waals surface area contributed by atoms with E-state index in [-0.39, 0.29) is 110 Å². The van der Waals surface area contributed by atoms with Gasteiger partial charge in [-0.05, 0) is 89.4 Å². The van der Waals surface area contributed by atoms with Gasteiger partial charge >= 0.3 is 6.01 Å².